The van der Waals surface area contributed by atoms with E-state index in [1.54, 1.807) is 13.8 Å². The number of carboxylic acid groups (broad SMARTS) is 4. The third kappa shape index (κ3) is 19.4. The van der Waals surface area contributed by atoms with Crippen LogP contribution in [0.5, 0.6) is 0 Å². The Morgan fingerprint density at radius 1 is 0.574 bits per heavy atom. The molecular weight excluding hydrogens is 724 g/mol. The van der Waals surface area contributed by atoms with Crippen molar-refractivity contribution in [2.45, 2.75) is 114 Å². The first-order valence-corrected chi connectivity index (χ1v) is 16.9. The molecular formula is C31H52N8O15. The van der Waals surface area contributed by atoms with Crippen molar-refractivity contribution in [3.8, 4) is 0 Å². The molecule has 0 radical (unpaired) electrons. The zero-order chi connectivity index (χ0) is 41.7. The highest BCUT2D eigenvalue weighted by molar-refractivity contribution is 5.97. The fourth-order valence-corrected chi connectivity index (χ4v) is 4.50. The van der Waals surface area contributed by atoms with Crippen LogP contribution >= 0.6 is 0 Å². The van der Waals surface area contributed by atoms with Gasteiger partial charge in [0.05, 0.1) is 25.1 Å². The van der Waals surface area contributed by atoms with Gasteiger partial charge in [0.2, 0.25) is 35.4 Å². The van der Waals surface area contributed by atoms with E-state index in [2.05, 4.69) is 31.9 Å². The van der Waals surface area contributed by atoms with E-state index >= 15 is 0 Å². The maximum absolute atomic E-state index is 13.4. The molecule has 0 saturated carbocycles. The predicted molar refractivity (Wildman–Crippen MR) is 184 cm³/mol. The fourth-order valence-electron chi connectivity index (χ4n) is 4.50. The summed E-state index contributed by atoms with van der Waals surface area (Å²) in [7, 11) is 0. The zero-order valence-electron chi connectivity index (χ0n) is 30.2. The number of carbonyl (C=O) groups is 10. The molecule has 0 saturated heterocycles. The van der Waals surface area contributed by atoms with Gasteiger partial charge in [0.15, 0.2) is 0 Å². The first kappa shape index (κ1) is 48.6. The van der Waals surface area contributed by atoms with Crippen LogP contribution in [0.2, 0.25) is 0 Å². The van der Waals surface area contributed by atoms with Crippen molar-refractivity contribution in [3.63, 3.8) is 0 Å². The average molecular weight is 777 g/mol. The Kier molecular flexibility index (Phi) is 22.3. The van der Waals surface area contributed by atoms with Crippen molar-refractivity contribution in [2.24, 2.45) is 17.4 Å². The minimum absolute atomic E-state index is 0.0874. The van der Waals surface area contributed by atoms with Gasteiger partial charge in [-0.3, -0.25) is 43.2 Å². The molecule has 0 rings (SSSR count). The second-order valence-electron chi connectivity index (χ2n) is 12.6. The minimum Gasteiger partial charge on any atom is -0.481 e. The molecule has 0 spiro atoms. The maximum Gasteiger partial charge on any atom is 0.326 e. The fraction of sp³-hybridized carbons (Fsp3) is 0.677. The molecule has 23 nitrogen and oxygen atoms in total. The highest BCUT2D eigenvalue weighted by Crippen LogP contribution is 2.08. The minimum atomic E-state index is -1.92. The van der Waals surface area contributed by atoms with Crippen molar-refractivity contribution in [2.75, 3.05) is 13.1 Å². The number of hydrogen-bond acceptors (Lipinski definition) is 13. The van der Waals surface area contributed by atoms with Crippen LogP contribution in [0.4, 0.5) is 0 Å². The van der Waals surface area contributed by atoms with Gasteiger partial charge in [0.25, 0.3) is 0 Å². The molecule has 306 valence electrons. The Morgan fingerprint density at radius 3 is 1.46 bits per heavy atom. The monoisotopic (exact) mass is 776 g/mol. The average Bonchev–Trinajstić information content (AvgIpc) is 3.07. The summed E-state index contributed by atoms with van der Waals surface area (Å²) in [6.07, 6.45) is -4.87. The van der Waals surface area contributed by atoms with Gasteiger partial charge in [-0.15, -0.1) is 0 Å². The topological polar surface area (TPSA) is 396 Å². The zero-order valence-corrected chi connectivity index (χ0v) is 30.2. The number of aliphatic hydroxyl groups excluding tert-OH is 1. The molecule has 0 aliphatic heterocycles. The van der Waals surface area contributed by atoms with E-state index in [1.807, 2.05) is 0 Å². The molecule has 0 heterocycles. The Labute approximate surface area is 309 Å². The van der Waals surface area contributed by atoms with Crippen molar-refractivity contribution in [1.29, 1.82) is 0 Å². The molecule has 6 amide bonds. The summed E-state index contributed by atoms with van der Waals surface area (Å²) >= 11 is 0. The lowest BCUT2D eigenvalue weighted by Gasteiger charge is -2.27. The smallest absolute Gasteiger partial charge is 0.326 e. The van der Waals surface area contributed by atoms with Crippen LogP contribution in [-0.4, -0.2) is 140 Å². The van der Waals surface area contributed by atoms with E-state index < -0.39 is 140 Å². The van der Waals surface area contributed by atoms with Gasteiger partial charge in [-0.25, -0.2) is 4.79 Å². The van der Waals surface area contributed by atoms with Crippen LogP contribution in [0, 0.1) is 5.92 Å². The molecule has 7 atom stereocenters. The Balaban J connectivity index is 6.17. The number of carbonyl (C=O) groups excluding carboxylic acids is 6. The van der Waals surface area contributed by atoms with Crippen LogP contribution in [0.15, 0.2) is 0 Å². The summed E-state index contributed by atoms with van der Waals surface area (Å²) in [5, 5.41) is 60.4. The number of amides is 6. The molecule has 15 N–H and O–H groups in total. The standard InChI is InChI=1S/C31H52N8O15/c1-14(2)24(33)29(51)34-13-20(41)39-25(15(3)40)30(52)36-17(8-10-22(44)45)26(48)35-16(7-9-21(42)43)27(49)38-19(12-23(46)47)28(50)37-18(31(53)54)6-4-5-11-32/h14-19,24-25,40H,4-13,32-33H2,1-3H3,(H,34,51)(H,35,48)(H,36,52)(H,37,50)(H,38,49)(H,39,41)(H,42,43)(H,44,45)(H,46,47)(H,53,54)/t15-,16+,17+,18+,19+,24+,25+/m1/s1. The summed E-state index contributed by atoms with van der Waals surface area (Å²) in [6.45, 7) is 3.99. The van der Waals surface area contributed by atoms with E-state index in [1.165, 1.54) is 0 Å². The summed E-state index contributed by atoms with van der Waals surface area (Å²) < 4.78 is 0. The van der Waals surface area contributed by atoms with Gasteiger partial charge in [-0.1, -0.05) is 13.8 Å². The lowest BCUT2D eigenvalue weighted by atomic mass is 10.0. The van der Waals surface area contributed by atoms with Crippen LogP contribution in [0.3, 0.4) is 0 Å². The second kappa shape index (κ2) is 24.8. The van der Waals surface area contributed by atoms with Crippen molar-refractivity contribution < 1.29 is 73.5 Å². The number of carboxylic acids is 4. The number of rotatable bonds is 27. The van der Waals surface area contributed by atoms with Gasteiger partial charge < -0.3 is 68.9 Å². The number of nitrogens with one attached hydrogen (secondary N) is 6. The molecule has 0 unspecified atom stereocenters. The highest BCUT2D eigenvalue weighted by atomic mass is 16.4. The largest absolute Gasteiger partial charge is 0.481 e. The Morgan fingerprint density at radius 2 is 1.04 bits per heavy atom. The van der Waals surface area contributed by atoms with E-state index in [9.17, 15) is 73.5 Å². The van der Waals surface area contributed by atoms with Crippen LogP contribution in [0.1, 0.15) is 72.1 Å². The Bertz CT molecular complexity index is 1360. The molecule has 54 heavy (non-hydrogen) atoms. The van der Waals surface area contributed by atoms with E-state index in [4.69, 9.17) is 11.5 Å². The first-order valence-electron chi connectivity index (χ1n) is 16.9. The van der Waals surface area contributed by atoms with Crippen LogP contribution in [0.25, 0.3) is 0 Å². The van der Waals surface area contributed by atoms with Gasteiger partial charge in [-0.2, -0.15) is 0 Å². The van der Waals surface area contributed by atoms with Crippen molar-refractivity contribution in [1.82, 2.24) is 31.9 Å². The molecule has 0 aromatic heterocycles. The molecule has 0 aromatic carbocycles. The molecule has 0 aliphatic carbocycles. The number of aliphatic hydroxyl groups is 1. The molecule has 23 heteroatoms. The van der Waals surface area contributed by atoms with Gasteiger partial charge in [-0.05, 0) is 51.5 Å². The molecule has 0 bridgehead atoms. The summed E-state index contributed by atoms with van der Waals surface area (Å²) in [5.41, 5.74) is 11.1. The second-order valence-corrected chi connectivity index (χ2v) is 12.6. The molecule has 0 aromatic rings. The number of hydrogen-bond donors (Lipinski definition) is 13. The Hall–Kier alpha value is -5.42. The lowest BCUT2D eigenvalue weighted by Crippen LogP contribution is -2.60. The molecule has 0 fully saturated rings. The first-order chi connectivity index (χ1) is 25.1. The number of aliphatic carboxylic acids is 4. The van der Waals surface area contributed by atoms with Gasteiger partial charge in [0, 0.05) is 12.8 Å². The van der Waals surface area contributed by atoms with Crippen LogP contribution < -0.4 is 43.4 Å². The van der Waals surface area contributed by atoms with Gasteiger partial charge >= 0.3 is 23.9 Å². The lowest BCUT2D eigenvalue weighted by molar-refractivity contribution is -0.144. The number of unbranched alkanes of at least 4 members (excludes halogenated alkanes) is 1. The van der Waals surface area contributed by atoms with E-state index in [0.717, 1.165) is 6.92 Å². The quantitative estimate of drug-likeness (QED) is 0.0349. The summed E-state index contributed by atoms with van der Waals surface area (Å²) in [6, 6.07) is -9.76. The van der Waals surface area contributed by atoms with Crippen LogP contribution in [-0.2, 0) is 47.9 Å². The third-order valence-corrected chi connectivity index (χ3v) is 7.66. The highest BCUT2D eigenvalue weighted by Gasteiger charge is 2.34. The normalized spacial score (nSPS) is 14.8. The van der Waals surface area contributed by atoms with Gasteiger partial charge in [0.1, 0.15) is 30.2 Å². The van der Waals surface area contributed by atoms with E-state index in [0.29, 0.717) is 6.42 Å². The van der Waals surface area contributed by atoms with Crippen molar-refractivity contribution in [3.05, 3.63) is 0 Å². The predicted octanol–water partition coefficient (Wildman–Crippen LogP) is -4.69. The summed E-state index contributed by atoms with van der Waals surface area (Å²) in [4.78, 5) is 123. The third-order valence-electron chi connectivity index (χ3n) is 7.66. The molecule has 0 aliphatic rings. The summed E-state index contributed by atoms with van der Waals surface area (Å²) in [5.74, 6) is -12.8. The SMILES string of the molecule is CC(C)[C@H](N)C(=O)NCC(=O)N[C@H](C(=O)N[C@@H](CCC(=O)O)C(=O)N[C@@H](CCC(=O)O)C(=O)N[C@@H](CC(=O)O)C(=O)N[C@@H](CCCCN)C(=O)O)[C@@H](C)O. The van der Waals surface area contributed by atoms with E-state index in [-0.39, 0.29) is 25.3 Å². The van der Waals surface area contributed by atoms with Crippen molar-refractivity contribution >= 4 is 59.3 Å². The number of nitrogens with two attached hydrogens (primary N) is 2. The maximum atomic E-state index is 13.4.